The van der Waals surface area contributed by atoms with E-state index in [-0.39, 0.29) is 17.7 Å². The summed E-state index contributed by atoms with van der Waals surface area (Å²) in [7, 11) is 1.72. The number of benzene rings is 1. The number of nitrogens with zero attached hydrogens (tertiary/aromatic N) is 2. The molecule has 1 unspecified atom stereocenters. The summed E-state index contributed by atoms with van der Waals surface area (Å²) in [5.41, 5.74) is 1.03. The lowest BCUT2D eigenvalue weighted by Gasteiger charge is -2.20. The van der Waals surface area contributed by atoms with Crippen molar-refractivity contribution in [3.63, 3.8) is 0 Å². The second-order valence-corrected chi connectivity index (χ2v) is 5.53. The van der Waals surface area contributed by atoms with E-state index in [2.05, 4.69) is 20.6 Å². The molecule has 0 amide bonds. The van der Waals surface area contributed by atoms with Crippen LogP contribution in [0.25, 0.3) is 0 Å². The molecule has 0 spiro atoms. The molecule has 1 aromatic heterocycles. The average Bonchev–Trinajstić information content (AvgIpc) is 2.65. The van der Waals surface area contributed by atoms with Gasteiger partial charge >= 0.3 is 0 Å². The van der Waals surface area contributed by atoms with Crippen LogP contribution >= 0.6 is 0 Å². The molecule has 0 radical (unpaired) electrons. The van der Waals surface area contributed by atoms with E-state index in [9.17, 15) is 4.39 Å². The summed E-state index contributed by atoms with van der Waals surface area (Å²) in [4.78, 5) is 8.48. The molecule has 2 aromatic rings. The van der Waals surface area contributed by atoms with Crippen LogP contribution in [0.1, 0.15) is 19.0 Å². The van der Waals surface area contributed by atoms with Crippen LogP contribution in [0.3, 0.4) is 0 Å². The highest BCUT2D eigenvalue weighted by Crippen LogP contribution is 2.17. The Morgan fingerprint density at radius 3 is 2.68 bits per heavy atom. The van der Waals surface area contributed by atoms with E-state index in [1.165, 1.54) is 6.07 Å². The van der Waals surface area contributed by atoms with E-state index in [0.717, 1.165) is 25.1 Å². The molecule has 2 rings (SSSR count). The highest BCUT2D eigenvalue weighted by molar-refractivity contribution is 5.79. The van der Waals surface area contributed by atoms with E-state index in [1.54, 1.807) is 31.4 Å². The minimum atomic E-state index is -0.348. The van der Waals surface area contributed by atoms with Crippen molar-refractivity contribution in [3.8, 4) is 5.75 Å². The lowest BCUT2D eigenvalue weighted by molar-refractivity contribution is 0.191. The number of aromatic nitrogens is 1. The summed E-state index contributed by atoms with van der Waals surface area (Å²) in [6, 6.07) is 12.3. The van der Waals surface area contributed by atoms with Crippen LogP contribution in [0, 0.1) is 5.82 Å². The van der Waals surface area contributed by atoms with Crippen LogP contribution < -0.4 is 15.4 Å². The van der Waals surface area contributed by atoms with Gasteiger partial charge in [-0.15, -0.1) is 0 Å². The highest BCUT2D eigenvalue weighted by Gasteiger charge is 2.11. The normalized spacial score (nSPS) is 12.5. The van der Waals surface area contributed by atoms with Gasteiger partial charge in [-0.05, 0) is 30.7 Å². The number of aliphatic imine (C=N–C) groups is 1. The molecule has 0 bridgehead atoms. The zero-order valence-electron chi connectivity index (χ0n) is 14.7. The molecule has 0 aliphatic rings. The molecule has 0 fully saturated rings. The molecule has 0 aliphatic carbocycles. The summed E-state index contributed by atoms with van der Waals surface area (Å²) in [6.07, 6.45) is 3.21. The second-order valence-electron chi connectivity index (χ2n) is 5.53. The maximum Gasteiger partial charge on any atom is 0.191 e. The van der Waals surface area contributed by atoms with Gasteiger partial charge in [0, 0.05) is 31.9 Å². The van der Waals surface area contributed by atoms with Gasteiger partial charge in [0.25, 0.3) is 0 Å². The third kappa shape index (κ3) is 6.41. The predicted octanol–water partition coefficient (Wildman–Crippen LogP) is 2.79. The molecule has 5 nitrogen and oxygen atoms in total. The first-order chi connectivity index (χ1) is 12.2. The molecule has 134 valence electrons. The number of hydrogen-bond donors (Lipinski definition) is 2. The molecule has 1 heterocycles. The SMILES string of the molecule is CCC(CNC(=NC)NCCc1ccccn1)Oc1ccccc1F. The predicted molar refractivity (Wildman–Crippen MR) is 98.4 cm³/mol. The van der Waals surface area contributed by atoms with Crippen LogP contribution in [-0.2, 0) is 6.42 Å². The van der Waals surface area contributed by atoms with Crippen LogP contribution in [-0.4, -0.2) is 37.2 Å². The highest BCUT2D eigenvalue weighted by atomic mass is 19.1. The summed E-state index contributed by atoms with van der Waals surface area (Å²) in [5, 5.41) is 6.46. The number of hydrogen-bond acceptors (Lipinski definition) is 3. The maximum atomic E-state index is 13.7. The molecule has 6 heteroatoms. The van der Waals surface area contributed by atoms with Crippen molar-refractivity contribution in [1.82, 2.24) is 15.6 Å². The van der Waals surface area contributed by atoms with Gasteiger partial charge < -0.3 is 15.4 Å². The zero-order chi connectivity index (χ0) is 17.9. The first kappa shape index (κ1) is 18.7. The number of nitrogens with one attached hydrogen (secondary N) is 2. The summed E-state index contributed by atoms with van der Waals surface area (Å²) in [6.45, 7) is 3.26. The number of ether oxygens (including phenoxy) is 1. The summed E-state index contributed by atoms with van der Waals surface area (Å²) >= 11 is 0. The van der Waals surface area contributed by atoms with Crippen LogP contribution in [0.4, 0.5) is 4.39 Å². The quantitative estimate of drug-likeness (QED) is 0.571. The van der Waals surface area contributed by atoms with Crippen LogP contribution in [0.5, 0.6) is 5.75 Å². The Morgan fingerprint density at radius 1 is 1.20 bits per heavy atom. The van der Waals surface area contributed by atoms with E-state index in [0.29, 0.717) is 12.5 Å². The van der Waals surface area contributed by atoms with Crippen molar-refractivity contribution in [1.29, 1.82) is 0 Å². The van der Waals surface area contributed by atoms with Crippen molar-refractivity contribution < 1.29 is 9.13 Å². The van der Waals surface area contributed by atoms with Gasteiger partial charge in [0.05, 0.1) is 6.54 Å². The van der Waals surface area contributed by atoms with Gasteiger partial charge in [-0.2, -0.15) is 0 Å². The molecular formula is C19H25FN4O. The first-order valence-electron chi connectivity index (χ1n) is 8.48. The van der Waals surface area contributed by atoms with Gasteiger partial charge in [0.15, 0.2) is 17.5 Å². The minimum absolute atomic E-state index is 0.147. The molecule has 25 heavy (non-hydrogen) atoms. The third-order valence-electron chi connectivity index (χ3n) is 3.71. The van der Waals surface area contributed by atoms with Gasteiger partial charge in [0.1, 0.15) is 6.10 Å². The lowest BCUT2D eigenvalue weighted by atomic mass is 10.2. The fourth-order valence-electron chi connectivity index (χ4n) is 2.28. The Bertz CT molecular complexity index is 663. The van der Waals surface area contributed by atoms with Gasteiger partial charge in [-0.1, -0.05) is 25.1 Å². The van der Waals surface area contributed by atoms with Crippen molar-refractivity contribution >= 4 is 5.96 Å². The largest absolute Gasteiger partial charge is 0.486 e. The fourth-order valence-corrected chi connectivity index (χ4v) is 2.28. The van der Waals surface area contributed by atoms with E-state index in [4.69, 9.17) is 4.74 Å². The topological polar surface area (TPSA) is 58.5 Å². The lowest BCUT2D eigenvalue weighted by Crippen LogP contribution is -2.43. The number of guanidine groups is 1. The zero-order valence-corrected chi connectivity index (χ0v) is 14.7. The van der Waals surface area contributed by atoms with E-state index < -0.39 is 0 Å². The molecule has 0 saturated heterocycles. The molecule has 0 aliphatic heterocycles. The molecule has 2 N–H and O–H groups in total. The molecule has 0 saturated carbocycles. The minimum Gasteiger partial charge on any atom is -0.486 e. The number of para-hydroxylation sites is 1. The standard InChI is InChI=1S/C19H25FN4O/c1-3-16(25-18-10-5-4-9-17(18)20)14-24-19(21-2)23-13-11-15-8-6-7-12-22-15/h4-10,12,16H,3,11,13-14H2,1-2H3,(H2,21,23,24). The monoisotopic (exact) mass is 344 g/mol. The van der Waals surface area contributed by atoms with E-state index in [1.807, 2.05) is 25.1 Å². The van der Waals surface area contributed by atoms with Crippen molar-refractivity contribution in [2.45, 2.75) is 25.9 Å². The van der Waals surface area contributed by atoms with Crippen LogP contribution in [0.15, 0.2) is 53.7 Å². The Labute approximate surface area is 148 Å². The Hall–Kier alpha value is -2.63. The fraction of sp³-hybridized carbons (Fsp3) is 0.368. The summed E-state index contributed by atoms with van der Waals surface area (Å²) in [5.74, 6) is 0.611. The molecule has 1 aromatic carbocycles. The first-order valence-corrected chi connectivity index (χ1v) is 8.48. The Balaban J connectivity index is 1.77. The molecule has 1 atom stereocenters. The Morgan fingerprint density at radius 2 is 2.00 bits per heavy atom. The maximum absolute atomic E-state index is 13.7. The number of rotatable bonds is 8. The van der Waals surface area contributed by atoms with Crippen molar-refractivity contribution in [3.05, 3.63) is 60.2 Å². The third-order valence-corrected chi connectivity index (χ3v) is 3.71. The van der Waals surface area contributed by atoms with Gasteiger partial charge in [-0.25, -0.2) is 4.39 Å². The van der Waals surface area contributed by atoms with Gasteiger partial charge in [-0.3, -0.25) is 9.98 Å². The Kier molecular flexibility index (Phi) is 7.69. The smallest absolute Gasteiger partial charge is 0.191 e. The van der Waals surface area contributed by atoms with Crippen LogP contribution in [0.2, 0.25) is 0 Å². The average molecular weight is 344 g/mol. The number of halogens is 1. The van der Waals surface area contributed by atoms with Crippen molar-refractivity contribution in [2.75, 3.05) is 20.1 Å². The molecular weight excluding hydrogens is 319 g/mol. The van der Waals surface area contributed by atoms with Crippen molar-refractivity contribution in [2.24, 2.45) is 4.99 Å². The second kappa shape index (κ2) is 10.3. The summed E-state index contributed by atoms with van der Waals surface area (Å²) < 4.78 is 19.4. The number of pyridine rings is 1. The van der Waals surface area contributed by atoms with E-state index >= 15 is 0 Å². The van der Waals surface area contributed by atoms with Gasteiger partial charge in [0.2, 0.25) is 0 Å².